The summed E-state index contributed by atoms with van der Waals surface area (Å²) in [6.07, 6.45) is 13.0. The lowest BCUT2D eigenvalue weighted by Crippen LogP contribution is -2.37. The van der Waals surface area contributed by atoms with E-state index in [1.807, 2.05) is 17.0 Å². The Morgan fingerprint density at radius 1 is 1.17 bits per heavy atom. The van der Waals surface area contributed by atoms with Crippen molar-refractivity contribution in [3.63, 3.8) is 0 Å². The SMILES string of the molecule is O=C(CCC1CCCC1)N(Cc1ccncc1)CC1CCCO1. The number of rotatable bonds is 7. The van der Waals surface area contributed by atoms with Gasteiger partial charge in [-0.3, -0.25) is 9.78 Å². The summed E-state index contributed by atoms with van der Waals surface area (Å²) in [7, 11) is 0. The zero-order valence-corrected chi connectivity index (χ0v) is 14.0. The van der Waals surface area contributed by atoms with Gasteiger partial charge >= 0.3 is 0 Å². The zero-order valence-electron chi connectivity index (χ0n) is 14.0. The largest absolute Gasteiger partial charge is 0.376 e. The summed E-state index contributed by atoms with van der Waals surface area (Å²) in [5.74, 6) is 1.05. The first-order chi connectivity index (χ1) is 11.3. The molecule has 2 fully saturated rings. The van der Waals surface area contributed by atoms with Crippen LogP contribution in [0.2, 0.25) is 0 Å². The van der Waals surface area contributed by atoms with Crippen molar-refractivity contribution in [2.75, 3.05) is 13.2 Å². The van der Waals surface area contributed by atoms with Crippen molar-refractivity contribution in [1.29, 1.82) is 0 Å². The van der Waals surface area contributed by atoms with Gasteiger partial charge in [-0.1, -0.05) is 25.7 Å². The summed E-state index contributed by atoms with van der Waals surface area (Å²) in [5, 5.41) is 0. The van der Waals surface area contributed by atoms with Gasteiger partial charge in [-0.15, -0.1) is 0 Å². The minimum Gasteiger partial charge on any atom is -0.376 e. The van der Waals surface area contributed by atoms with E-state index in [4.69, 9.17) is 4.74 Å². The van der Waals surface area contributed by atoms with Gasteiger partial charge in [-0.05, 0) is 42.9 Å². The van der Waals surface area contributed by atoms with E-state index in [2.05, 4.69) is 4.98 Å². The molecule has 4 nitrogen and oxygen atoms in total. The van der Waals surface area contributed by atoms with Crippen molar-refractivity contribution < 1.29 is 9.53 Å². The van der Waals surface area contributed by atoms with E-state index >= 15 is 0 Å². The summed E-state index contributed by atoms with van der Waals surface area (Å²) in [6.45, 7) is 2.24. The Morgan fingerprint density at radius 2 is 1.96 bits per heavy atom. The van der Waals surface area contributed by atoms with Crippen molar-refractivity contribution >= 4 is 5.91 Å². The van der Waals surface area contributed by atoms with E-state index in [9.17, 15) is 4.79 Å². The number of aromatic nitrogens is 1. The van der Waals surface area contributed by atoms with Gasteiger partial charge in [0.15, 0.2) is 0 Å². The van der Waals surface area contributed by atoms with E-state index < -0.39 is 0 Å². The number of carbonyl (C=O) groups excluding carboxylic acids is 1. The van der Waals surface area contributed by atoms with Crippen LogP contribution in [0.1, 0.15) is 56.9 Å². The normalized spacial score (nSPS) is 21.7. The Balaban J connectivity index is 1.57. The molecule has 1 aromatic heterocycles. The average molecular weight is 316 g/mol. The molecule has 0 radical (unpaired) electrons. The number of hydrogen-bond donors (Lipinski definition) is 0. The summed E-state index contributed by atoms with van der Waals surface area (Å²) < 4.78 is 5.74. The minimum atomic E-state index is 0.215. The van der Waals surface area contributed by atoms with E-state index in [1.54, 1.807) is 12.4 Å². The van der Waals surface area contributed by atoms with Crippen LogP contribution in [0.15, 0.2) is 24.5 Å². The fourth-order valence-electron chi connectivity index (χ4n) is 3.78. The maximum absolute atomic E-state index is 12.7. The summed E-state index contributed by atoms with van der Waals surface area (Å²) in [6, 6.07) is 3.99. The molecular formula is C19H28N2O2. The van der Waals surface area contributed by atoms with Gasteiger partial charge in [-0.2, -0.15) is 0 Å². The van der Waals surface area contributed by atoms with Crippen molar-refractivity contribution in [3.05, 3.63) is 30.1 Å². The van der Waals surface area contributed by atoms with Crippen LogP contribution in [0.25, 0.3) is 0 Å². The average Bonchev–Trinajstić information content (AvgIpc) is 3.26. The first-order valence-corrected chi connectivity index (χ1v) is 9.09. The maximum Gasteiger partial charge on any atom is 0.222 e. The van der Waals surface area contributed by atoms with Gasteiger partial charge in [0, 0.05) is 38.5 Å². The van der Waals surface area contributed by atoms with Crippen LogP contribution in [0.4, 0.5) is 0 Å². The van der Waals surface area contributed by atoms with E-state index in [0.717, 1.165) is 43.9 Å². The molecule has 2 aliphatic rings. The topological polar surface area (TPSA) is 42.4 Å². The molecule has 23 heavy (non-hydrogen) atoms. The van der Waals surface area contributed by atoms with Crippen molar-refractivity contribution in [3.8, 4) is 0 Å². The number of amides is 1. The lowest BCUT2D eigenvalue weighted by Gasteiger charge is -2.26. The first-order valence-electron chi connectivity index (χ1n) is 9.09. The Bertz CT molecular complexity index is 479. The molecular weight excluding hydrogens is 288 g/mol. The van der Waals surface area contributed by atoms with Gasteiger partial charge in [0.1, 0.15) is 0 Å². The van der Waals surface area contributed by atoms with Crippen LogP contribution >= 0.6 is 0 Å². The van der Waals surface area contributed by atoms with Gasteiger partial charge in [0.05, 0.1) is 6.10 Å². The molecule has 1 saturated carbocycles. The van der Waals surface area contributed by atoms with Crippen LogP contribution in [0.5, 0.6) is 0 Å². The maximum atomic E-state index is 12.7. The fraction of sp³-hybridized carbons (Fsp3) is 0.684. The number of carbonyl (C=O) groups is 1. The van der Waals surface area contributed by atoms with Gasteiger partial charge < -0.3 is 9.64 Å². The molecule has 2 heterocycles. The van der Waals surface area contributed by atoms with Crippen LogP contribution in [-0.4, -0.2) is 35.0 Å². The molecule has 1 amide bonds. The van der Waals surface area contributed by atoms with Gasteiger partial charge in [0.25, 0.3) is 0 Å². The predicted molar refractivity (Wildman–Crippen MR) is 89.8 cm³/mol. The standard InChI is InChI=1S/C19H28N2O2/c22-19(8-7-16-4-1-2-5-16)21(15-18-6-3-13-23-18)14-17-9-11-20-12-10-17/h9-12,16,18H,1-8,13-15H2. The Hall–Kier alpha value is -1.42. The molecule has 3 rings (SSSR count). The Morgan fingerprint density at radius 3 is 2.65 bits per heavy atom. The van der Waals surface area contributed by atoms with Gasteiger partial charge in [-0.25, -0.2) is 0 Å². The Kier molecular flexibility index (Phi) is 6.03. The lowest BCUT2D eigenvalue weighted by molar-refractivity contribution is -0.133. The predicted octanol–water partition coefficient (Wildman–Crippen LogP) is 3.56. The van der Waals surface area contributed by atoms with Crippen LogP contribution in [-0.2, 0) is 16.1 Å². The summed E-state index contributed by atoms with van der Waals surface area (Å²) >= 11 is 0. The fourth-order valence-corrected chi connectivity index (χ4v) is 3.78. The third kappa shape index (κ3) is 5.03. The number of nitrogens with zero attached hydrogens (tertiary/aromatic N) is 2. The molecule has 126 valence electrons. The first kappa shape index (κ1) is 16.4. The smallest absolute Gasteiger partial charge is 0.222 e. The van der Waals surface area contributed by atoms with Crippen LogP contribution in [0.3, 0.4) is 0 Å². The molecule has 1 unspecified atom stereocenters. The second-order valence-corrected chi connectivity index (χ2v) is 6.95. The van der Waals surface area contributed by atoms with E-state index in [-0.39, 0.29) is 12.0 Å². The molecule has 0 spiro atoms. The third-order valence-electron chi connectivity index (χ3n) is 5.16. The van der Waals surface area contributed by atoms with E-state index in [0.29, 0.717) is 13.0 Å². The molecule has 4 heteroatoms. The number of ether oxygens (including phenoxy) is 1. The molecule has 0 aromatic carbocycles. The minimum absolute atomic E-state index is 0.215. The highest BCUT2D eigenvalue weighted by Gasteiger charge is 2.24. The molecule has 1 saturated heterocycles. The van der Waals surface area contributed by atoms with Crippen LogP contribution in [0, 0.1) is 5.92 Å². The van der Waals surface area contributed by atoms with Crippen LogP contribution < -0.4 is 0 Å². The summed E-state index contributed by atoms with van der Waals surface area (Å²) in [5.41, 5.74) is 1.15. The number of hydrogen-bond acceptors (Lipinski definition) is 3. The second-order valence-electron chi connectivity index (χ2n) is 6.95. The molecule has 0 bridgehead atoms. The monoisotopic (exact) mass is 316 g/mol. The highest BCUT2D eigenvalue weighted by Crippen LogP contribution is 2.29. The third-order valence-corrected chi connectivity index (χ3v) is 5.16. The summed E-state index contributed by atoms with van der Waals surface area (Å²) in [4.78, 5) is 18.8. The molecule has 1 aliphatic heterocycles. The lowest BCUT2D eigenvalue weighted by atomic mass is 10.0. The van der Waals surface area contributed by atoms with Crippen molar-refractivity contribution in [2.45, 2.75) is 64.0 Å². The number of pyridine rings is 1. The molecule has 1 atom stereocenters. The molecule has 0 N–H and O–H groups in total. The van der Waals surface area contributed by atoms with Crippen molar-refractivity contribution in [1.82, 2.24) is 9.88 Å². The zero-order chi connectivity index (χ0) is 15.9. The van der Waals surface area contributed by atoms with Crippen molar-refractivity contribution in [2.24, 2.45) is 5.92 Å². The Labute approximate surface area is 139 Å². The highest BCUT2D eigenvalue weighted by atomic mass is 16.5. The second kappa shape index (κ2) is 8.44. The molecule has 1 aliphatic carbocycles. The molecule has 1 aromatic rings. The highest BCUT2D eigenvalue weighted by molar-refractivity contribution is 5.76. The van der Waals surface area contributed by atoms with E-state index in [1.165, 1.54) is 25.7 Å². The quantitative estimate of drug-likeness (QED) is 0.772. The van der Waals surface area contributed by atoms with Gasteiger partial charge in [0.2, 0.25) is 5.91 Å².